The summed E-state index contributed by atoms with van der Waals surface area (Å²) in [5.41, 5.74) is 3.11. The molecule has 21 heavy (non-hydrogen) atoms. The molecule has 0 atom stereocenters. The van der Waals surface area contributed by atoms with Crippen LogP contribution < -0.4 is 0 Å². The van der Waals surface area contributed by atoms with E-state index in [0.717, 1.165) is 22.2 Å². The highest BCUT2D eigenvalue weighted by Gasteiger charge is 2.25. The zero-order chi connectivity index (χ0) is 14.2. The first-order valence-electron chi connectivity index (χ1n) is 6.70. The maximum atomic E-state index is 11.8. The molecule has 1 aliphatic heterocycles. The minimum absolute atomic E-state index is 0.308. The van der Waals surface area contributed by atoms with Crippen molar-refractivity contribution in [2.24, 2.45) is 0 Å². The van der Waals surface area contributed by atoms with Crippen molar-refractivity contribution in [2.45, 2.75) is 0 Å². The van der Waals surface area contributed by atoms with Crippen LogP contribution in [-0.4, -0.2) is 11.0 Å². The van der Waals surface area contributed by atoms with E-state index in [1.807, 2.05) is 54.6 Å². The first-order chi connectivity index (χ1) is 10.3. The molecule has 3 heteroatoms. The van der Waals surface area contributed by atoms with Crippen molar-refractivity contribution in [2.75, 3.05) is 0 Å². The van der Waals surface area contributed by atoms with Gasteiger partial charge in [-0.3, -0.25) is 0 Å². The molecule has 2 heterocycles. The molecular weight excluding hydrogens is 262 g/mol. The monoisotopic (exact) mass is 273 g/mol. The van der Waals surface area contributed by atoms with Crippen LogP contribution in [-0.2, 0) is 4.74 Å². The number of fused-ring (bicyclic) bond motifs is 2. The highest BCUT2D eigenvalue weighted by molar-refractivity contribution is 6.05. The lowest BCUT2D eigenvalue weighted by Gasteiger charge is -2.01. The van der Waals surface area contributed by atoms with Gasteiger partial charge in [0.15, 0.2) is 0 Å². The van der Waals surface area contributed by atoms with Gasteiger partial charge in [0.2, 0.25) is 0 Å². The average molecular weight is 273 g/mol. The fourth-order valence-electron chi connectivity index (χ4n) is 2.49. The van der Waals surface area contributed by atoms with E-state index in [0.29, 0.717) is 11.3 Å². The summed E-state index contributed by atoms with van der Waals surface area (Å²) in [6.07, 6.45) is 1.80. The van der Waals surface area contributed by atoms with Crippen LogP contribution in [0.1, 0.15) is 21.6 Å². The Kier molecular flexibility index (Phi) is 2.57. The number of pyridine rings is 1. The maximum Gasteiger partial charge on any atom is 0.344 e. The second-order valence-electron chi connectivity index (χ2n) is 4.87. The van der Waals surface area contributed by atoms with Gasteiger partial charge >= 0.3 is 5.97 Å². The number of aromatic nitrogens is 1. The van der Waals surface area contributed by atoms with E-state index in [1.165, 1.54) is 0 Å². The topological polar surface area (TPSA) is 39.2 Å². The van der Waals surface area contributed by atoms with Crippen LogP contribution in [0, 0.1) is 0 Å². The number of rotatable bonds is 1. The molecule has 0 saturated heterocycles. The summed E-state index contributed by atoms with van der Waals surface area (Å²) in [4.78, 5) is 16.4. The van der Waals surface area contributed by atoms with E-state index in [1.54, 1.807) is 12.1 Å². The molecule has 2 aromatic carbocycles. The van der Waals surface area contributed by atoms with E-state index in [2.05, 4.69) is 4.98 Å². The Labute approximate surface area is 121 Å². The number of nitrogens with zero attached hydrogens (tertiary/aromatic N) is 1. The van der Waals surface area contributed by atoms with Gasteiger partial charge in [0.1, 0.15) is 5.76 Å². The molecule has 0 N–H and O–H groups in total. The Hall–Kier alpha value is -2.94. The van der Waals surface area contributed by atoms with E-state index < -0.39 is 0 Å². The van der Waals surface area contributed by atoms with Crippen molar-refractivity contribution in [3.63, 3.8) is 0 Å². The summed E-state index contributed by atoms with van der Waals surface area (Å²) < 4.78 is 5.33. The normalized spacial score (nSPS) is 15.2. The molecule has 3 nitrogen and oxygen atoms in total. The van der Waals surface area contributed by atoms with Gasteiger partial charge < -0.3 is 4.74 Å². The summed E-state index contributed by atoms with van der Waals surface area (Å²) in [5.74, 6) is 0.246. The number of carbonyl (C=O) groups excluding carboxylic acids is 1. The third-order valence-electron chi connectivity index (χ3n) is 3.51. The summed E-state index contributed by atoms with van der Waals surface area (Å²) in [6.45, 7) is 0. The Morgan fingerprint density at radius 3 is 2.52 bits per heavy atom. The van der Waals surface area contributed by atoms with E-state index in [-0.39, 0.29) is 5.97 Å². The zero-order valence-electron chi connectivity index (χ0n) is 11.1. The predicted octanol–water partition coefficient (Wildman–Crippen LogP) is 3.90. The standard InChI is InChI=1S/C18H11NO2/c20-18-15-7-3-2-6-14(15)17(21-18)11-13-10-9-12-5-1-4-8-16(12)19-13/h1-11H/b17-11+. The molecular formula is C18H11NO2. The zero-order valence-corrected chi connectivity index (χ0v) is 11.1. The predicted molar refractivity (Wildman–Crippen MR) is 81.5 cm³/mol. The molecule has 0 fully saturated rings. The molecule has 3 aromatic rings. The number of hydrogen-bond donors (Lipinski definition) is 0. The van der Waals surface area contributed by atoms with E-state index >= 15 is 0 Å². The van der Waals surface area contributed by atoms with Crippen LogP contribution in [0.25, 0.3) is 22.7 Å². The van der Waals surface area contributed by atoms with Gasteiger partial charge in [0.05, 0.1) is 16.8 Å². The minimum atomic E-state index is -0.308. The van der Waals surface area contributed by atoms with Gasteiger partial charge in [0, 0.05) is 17.0 Å². The van der Waals surface area contributed by atoms with Crippen LogP contribution in [0.2, 0.25) is 0 Å². The van der Waals surface area contributed by atoms with Crippen molar-refractivity contribution in [1.29, 1.82) is 0 Å². The molecule has 0 spiro atoms. The van der Waals surface area contributed by atoms with Crippen LogP contribution >= 0.6 is 0 Å². The number of ether oxygens (including phenoxy) is 1. The lowest BCUT2D eigenvalue weighted by molar-refractivity contribution is 0.0717. The third-order valence-corrected chi connectivity index (χ3v) is 3.51. The second-order valence-corrected chi connectivity index (χ2v) is 4.87. The van der Waals surface area contributed by atoms with Crippen molar-refractivity contribution >= 4 is 28.7 Å². The van der Waals surface area contributed by atoms with Crippen molar-refractivity contribution in [3.8, 4) is 0 Å². The molecule has 0 radical (unpaired) electrons. The average Bonchev–Trinajstić information content (AvgIpc) is 2.84. The number of carbonyl (C=O) groups is 1. The van der Waals surface area contributed by atoms with Crippen molar-refractivity contribution < 1.29 is 9.53 Å². The smallest absolute Gasteiger partial charge is 0.344 e. The van der Waals surface area contributed by atoms with Crippen LogP contribution in [0.4, 0.5) is 0 Å². The van der Waals surface area contributed by atoms with Gasteiger partial charge in [0.25, 0.3) is 0 Å². The van der Waals surface area contributed by atoms with Crippen molar-refractivity contribution in [1.82, 2.24) is 4.98 Å². The summed E-state index contributed by atoms with van der Waals surface area (Å²) in [5, 5.41) is 1.09. The molecule has 1 aliphatic rings. The first kappa shape index (κ1) is 11.9. The molecule has 100 valence electrons. The summed E-state index contributed by atoms with van der Waals surface area (Å²) in [6, 6.07) is 19.2. The van der Waals surface area contributed by atoms with Crippen LogP contribution in [0.3, 0.4) is 0 Å². The highest BCUT2D eigenvalue weighted by Crippen LogP contribution is 2.30. The van der Waals surface area contributed by atoms with Gasteiger partial charge in [-0.25, -0.2) is 9.78 Å². The fraction of sp³-hybridized carbons (Fsp3) is 0. The van der Waals surface area contributed by atoms with Crippen LogP contribution in [0.15, 0.2) is 60.7 Å². The van der Waals surface area contributed by atoms with Gasteiger partial charge in [-0.1, -0.05) is 42.5 Å². The first-order valence-corrected chi connectivity index (χ1v) is 6.70. The van der Waals surface area contributed by atoms with Gasteiger partial charge in [-0.05, 0) is 18.2 Å². The SMILES string of the molecule is O=C1O/C(=C/c2ccc3ccccc3n2)c2ccccc21. The van der Waals surface area contributed by atoms with Gasteiger partial charge in [-0.2, -0.15) is 0 Å². The number of benzene rings is 2. The number of hydrogen-bond acceptors (Lipinski definition) is 3. The molecule has 4 rings (SSSR count). The van der Waals surface area contributed by atoms with Crippen LogP contribution in [0.5, 0.6) is 0 Å². The quantitative estimate of drug-likeness (QED) is 0.631. The van der Waals surface area contributed by atoms with Crippen molar-refractivity contribution in [3.05, 3.63) is 77.5 Å². The highest BCUT2D eigenvalue weighted by atomic mass is 16.5. The number of esters is 1. The Morgan fingerprint density at radius 1 is 0.857 bits per heavy atom. The van der Waals surface area contributed by atoms with E-state index in [4.69, 9.17) is 4.74 Å². The lowest BCUT2D eigenvalue weighted by atomic mass is 10.1. The molecule has 0 amide bonds. The summed E-state index contributed by atoms with van der Waals surface area (Å²) in [7, 11) is 0. The molecule has 1 aromatic heterocycles. The molecule has 0 unspecified atom stereocenters. The van der Waals surface area contributed by atoms with Gasteiger partial charge in [-0.15, -0.1) is 0 Å². The Bertz CT molecular complexity index is 896. The Balaban J connectivity index is 1.82. The Morgan fingerprint density at radius 2 is 1.62 bits per heavy atom. The molecule has 0 bridgehead atoms. The number of cyclic esters (lactones) is 1. The second kappa shape index (κ2) is 4.56. The molecule has 0 aliphatic carbocycles. The lowest BCUT2D eigenvalue weighted by Crippen LogP contribution is -1.92. The number of para-hydroxylation sites is 1. The largest absolute Gasteiger partial charge is 0.422 e. The van der Waals surface area contributed by atoms with E-state index in [9.17, 15) is 4.79 Å². The maximum absolute atomic E-state index is 11.8. The fourth-order valence-corrected chi connectivity index (χ4v) is 2.49. The summed E-state index contributed by atoms with van der Waals surface area (Å²) >= 11 is 0. The third kappa shape index (κ3) is 1.99. The minimum Gasteiger partial charge on any atom is -0.422 e. The molecule has 0 saturated carbocycles.